The summed E-state index contributed by atoms with van der Waals surface area (Å²) in [5, 5.41) is 0.495. The van der Waals surface area contributed by atoms with Crippen molar-refractivity contribution in [2.24, 2.45) is 0 Å². The smallest absolute Gasteiger partial charge is 0.217 e. The van der Waals surface area contributed by atoms with Gasteiger partial charge in [0.15, 0.2) is 0 Å². The third kappa shape index (κ3) is 4.50. The van der Waals surface area contributed by atoms with Gasteiger partial charge in [-0.3, -0.25) is 0 Å². The number of methoxy groups -OCH3 is 1. The molecule has 1 fully saturated rings. The van der Waals surface area contributed by atoms with E-state index in [4.69, 9.17) is 4.74 Å². The fourth-order valence-electron chi connectivity index (χ4n) is 2.23. The Morgan fingerprint density at radius 2 is 1.88 bits per heavy atom. The van der Waals surface area contributed by atoms with Crippen molar-refractivity contribution in [1.29, 1.82) is 0 Å². The van der Waals surface area contributed by atoms with Crippen molar-refractivity contribution in [3.8, 4) is 0 Å². The Morgan fingerprint density at radius 1 is 1.24 bits per heavy atom. The third-order valence-corrected chi connectivity index (χ3v) is 5.97. The number of sulfonamides is 1. The van der Waals surface area contributed by atoms with E-state index in [1.54, 1.807) is 11.4 Å². The molecule has 0 aliphatic heterocycles. The Hall–Kier alpha value is 0.350. The van der Waals surface area contributed by atoms with Gasteiger partial charge in [0.2, 0.25) is 10.0 Å². The number of halogens is 1. The summed E-state index contributed by atoms with van der Waals surface area (Å²) in [7, 11) is -1.54. The molecule has 1 aliphatic carbocycles. The summed E-state index contributed by atoms with van der Waals surface area (Å²) in [5.41, 5.74) is 0. The van der Waals surface area contributed by atoms with Crippen molar-refractivity contribution >= 4 is 26.0 Å². The quantitative estimate of drug-likeness (QED) is 0.672. The van der Waals surface area contributed by atoms with E-state index in [0.29, 0.717) is 25.0 Å². The van der Waals surface area contributed by atoms with Crippen molar-refractivity contribution in [2.45, 2.75) is 37.4 Å². The standard InChI is InChI=1S/C11H22BrNO3S/c1-16-10-9-13(8-7-12)17(14,15)11-5-3-2-4-6-11/h11H,2-10H2,1H3. The molecule has 0 aromatic heterocycles. The second-order valence-corrected chi connectivity index (χ2v) is 7.39. The van der Waals surface area contributed by atoms with Crippen molar-refractivity contribution < 1.29 is 13.2 Å². The second-order valence-electron chi connectivity index (χ2n) is 4.39. The lowest BCUT2D eigenvalue weighted by Gasteiger charge is -2.29. The minimum atomic E-state index is -3.14. The van der Waals surface area contributed by atoms with Crippen LogP contribution in [0.25, 0.3) is 0 Å². The topological polar surface area (TPSA) is 46.6 Å². The van der Waals surface area contributed by atoms with Crippen LogP contribution in [-0.4, -0.2) is 50.1 Å². The molecule has 0 saturated heterocycles. The molecule has 0 amide bonds. The predicted octanol–water partition coefficient (Wildman–Crippen LogP) is 1.99. The van der Waals surface area contributed by atoms with E-state index in [1.165, 1.54) is 6.42 Å². The molecular weight excluding hydrogens is 306 g/mol. The highest BCUT2D eigenvalue weighted by Gasteiger charge is 2.32. The molecule has 0 aromatic rings. The molecular formula is C11H22BrNO3S. The van der Waals surface area contributed by atoms with Gasteiger partial charge < -0.3 is 4.74 Å². The summed E-state index contributed by atoms with van der Waals surface area (Å²) in [6.07, 6.45) is 4.87. The summed E-state index contributed by atoms with van der Waals surface area (Å²) in [6.45, 7) is 1.45. The maximum Gasteiger partial charge on any atom is 0.217 e. The van der Waals surface area contributed by atoms with Crippen LogP contribution >= 0.6 is 15.9 Å². The van der Waals surface area contributed by atoms with Gasteiger partial charge in [-0.1, -0.05) is 35.2 Å². The van der Waals surface area contributed by atoms with Crippen LogP contribution in [0.1, 0.15) is 32.1 Å². The van der Waals surface area contributed by atoms with Gasteiger partial charge in [0.05, 0.1) is 11.9 Å². The molecule has 102 valence electrons. The maximum absolute atomic E-state index is 12.4. The molecule has 6 heteroatoms. The molecule has 1 rings (SSSR count). The van der Waals surface area contributed by atoms with E-state index in [9.17, 15) is 8.42 Å². The Kier molecular flexibility index (Phi) is 6.99. The fourth-order valence-corrected chi connectivity index (χ4v) is 4.92. The first kappa shape index (κ1) is 15.4. The van der Waals surface area contributed by atoms with Crippen LogP contribution < -0.4 is 0 Å². The fraction of sp³-hybridized carbons (Fsp3) is 1.00. The lowest BCUT2D eigenvalue weighted by atomic mass is 10.0. The van der Waals surface area contributed by atoms with Crippen LogP contribution in [0.3, 0.4) is 0 Å². The van der Waals surface area contributed by atoms with Crippen LogP contribution in [0.5, 0.6) is 0 Å². The van der Waals surface area contributed by atoms with Crippen LogP contribution in [0.2, 0.25) is 0 Å². The highest BCUT2D eigenvalue weighted by molar-refractivity contribution is 9.09. The van der Waals surface area contributed by atoms with E-state index < -0.39 is 10.0 Å². The monoisotopic (exact) mass is 327 g/mol. The number of alkyl halides is 1. The first-order chi connectivity index (χ1) is 8.12. The molecule has 0 atom stereocenters. The molecule has 1 saturated carbocycles. The molecule has 0 N–H and O–H groups in total. The van der Waals surface area contributed by atoms with Gasteiger partial charge in [-0.05, 0) is 12.8 Å². The van der Waals surface area contributed by atoms with Crippen LogP contribution in [-0.2, 0) is 14.8 Å². The maximum atomic E-state index is 12.4. The molecule has 4 nitrogen and oxygen atoms in total. The molecule has 0 unspecified atom stereocenters. The van der Waals surface area contributed by atoms with Crippen molar-refractivity contribution in [1.82, 2.24) is 4.31 Å². The molecule has 1 aliphatic rings. The van der Waals surface area contributed by atoms with E-state index in [2.05, 4.69) is 15.9 Å². The third-order valence-electron chi connectivity index (χ3n) is 3.21. The first-order valence-electron chi connectivity index (χ1n) is 6.16. The summed E-state index contributed by atoms with van der Waals surface area (Å²) in [6, 6.07) is 0. The summed E-state index contributed by atoms with van der Waals surface area (Å²) in [5.74, 6) is 0. The minimum absolute atomic E-state index is 0.174. The number of ether oxygens (including phenoxy) is 1. The minimum Gasteiger partial charge on any atom is -0.383 e. The number of hydrogen-bond donors (Lipinski definition) is 0. The second kappa shape index (κ2) is 7.71. The van der Waals surface area contributed by atoms with Gasteiger partial charge in [-0.25, -0.2) is 8.42 Å². The molecule has 0 spiro atoms. The molecule has 0 heterocycles. The van der Waals surface area contributed by atoms with E-state index in [0.717, 1.165) is 25.7 Å². The zero-order chi connectivity index (χ0) is 12.7. The number of nitrogens with zero attached hydrogens (tertiary/aromatic N) is 1. The van der Waals surface area contributed by atoms with Crippen molar-refractivity contribution in [3.05, 3.63) is 0 Å². The highest BCUT2D eigenvalue weighted by atomic mass is 79.9. The Morgan fingerprint density at radius 3 is 2.41 bits per heavy atom. The van der Waals surface area contributed by atoms with Gasteiger partial charge >= 0.3 is 0 Å². The molecule has 0 aromatic carbocycles. The Bertz CT molecular complexity index is 302. The van der Waals surface area contributed by atoms with Crippen molar-refractivity contribution in [3.63, 3.8) is 0 Å². The zero-order valence-corrected chi connectivity index (χ0v) is 12.8. The van der Waals surface area contributed by atoms with Gasteiger partial charge in [0, 0.05) is 25.5 Å². The van der Waals surface area contributed by atoms with E-state index in [1.807, 2.05) is 0 Å². The number of hydrogen-bond acceptors (Lipinski definition) is 3. The molecule has 17 heavy (non-hydrogen) atoms. The lowest BCUT2D eigenvalue weighted by Crippen LogP contribution is -2.42. The summed E-state index contributed by atoms with van der Waals surface area (Å²) < 4.78 is 31.4. The Balaban J connectivity index is 2.67. The summed E-state index contributed by atoms with van der Waals surface area (Å²) >= 11 is 3.31. The van der Waals surface area contributed by atoms with Crippen LogP contribution in [0.15, 0.2) is 0 Å². The van der Waals surface area contributed by atoms with Crippen molar-refractivity contribution in [2.75, 3.05) is 32.1 Å². The zero-order valence-electron chi connectivity index (χ0n) is 10.4. The Labute approximate surface area is 113 Å². The normalized spacial score (nSPS) is 18.8. The SMILES string of the molecule is COCCN(CCBr)S(=O)(=O)C1CCCCC1. The average Bonchev–Trinajstić information content (AvgIpc) is 2.35. The van der Waals surface area contributed by atoms with E-state index >= 15 is 0 Å². The van der Waals surface area contributed by atoms with Gasteiger partial charge in [-0.2, -0.15) is 4.31 Å². The summed E-state index contributed by atoms with van der Waals surface area (Å²) in [4.78, 5) is 0. The lowest BCUT2D eigenvalue weighted by molar-refractivity contribution is 0.180. The van der Waals surface area contributed by atoms with Crippen LogP contribution in [0.4, 0.5) is 0 Å². The van der Waals surface area contributed by atoms with E-state index in [-0.39, 0.29) is 5.25 Å². The highest BCUT2D eigenvalue weighted by Crippen LogP contribution is 2.26. The van der Waals surface area contributed by atoms with Gasteiger partial charge in [0.25, 0.3) is 0 Å². The molecule has 0 bridgehead atoms. The van der Waals surface area contributed by atoms with Gasteiger partial charge in [0.1, 0.15) is 0 Å². The number of rotatable bonds is 7. The van der Waals surface area contributed by atoms with Gasteiger partial charge in [-0.15, -0.1) is 0 Å². The molecule has 0 radical (unpaired) electrons. The largest absolute Gasteiger partial charge is 0.383 e. The predicted molar refractivity (Wildman–Crippen MR) is 73.0 cm³/mol. The average molecular weight is 328 g/mol. The van der Waals surface area contributed by atoms with Crippen LogP contribution in [0, 0.1) is 0 Å². The first-order valence-corrected chi connectivity index (χ1v) is 8.79.